The molecule has 0 spiro atoms. The summed E-state index contributed by atoms with van der Waals surface area (Å²) in [4.78, 5) is 28.0. The molecule has 0 fully saturated rings. The molecule has 6 nitrogen and oxygen atoms in total. The van der Waals surface area contributed by atoms with E-state index < -0.39 is 11.5 Å². The number of aromatic nitrogens is 2. The number of aryl methyl sites for hydroxylation is 1. The zero-order chi connectivity index (χ0) is 10.3. The maximum Gasteiger partial charge on any atom is 0.341 e. The average molecular weight is 194 g/mol. The van der Waals surface area contributed by atoms with Crippen molar-refractivity contribution in [1.82, 2.24) is 9.97 Å². The fourth-order valence-electron chi connectivity index (χ4n) is 1.28. The van der Waals surface area contributed by atoms with Gasteiger partial charge in [-0.3, -0.25) is 4.79 Å². The Hall–Kier alpha value is -2.11. The Morgan fingerprint density at radius 3 is 3.00 bits per heavy atom. The molecule has 2 aromatic rings. The van der Waals surface area contributed by atoms with Crippen molar-refractivity contribution in [3.8, 4) is 0 Å². The number of nitrogens with one attached hydrogen (secondary N) is 1. The van der Waals surface area contributed by atoms with Crippen LogP contribution in [0.4, 0.5) is 0 Å². The third-order valence-corrected chi connectivity index (χ3v) is 1.87. The van der Waals surface area contributed by atoms with Crippen LogP contribution in [-0.2, 0) is 0 Å². The first-order chi connectivity index (χ1) is 6.61. The lowest BCUT2D eigenvalue weighted by Gasteiger charge is -1.88. The highest BCUT2D eigenvalue weighted by Crippen LogP contribution is 2.19. The van der Waals surface area contributed by atoms with E-state index >= 15 is 0 Å². The number of rotatable bonds is 1. The van der Waals surface area contributed by atoms with E-state index in [4.69, 9.17) is 9.52 Å². The van der Waals surface area contributed by atoms with Crippen LogP contribution in [0.3, 0.4) is 0 Å². The van der Waals surface area contributed by atoms with E-state index in [0.717, 1.165) is 6.33 Å². The van der Waals surface area contributed by atoms with Crippen molar-refractivity contribution < 1.29 is 14.3 Å². The van der Waals surface area contributed by atoms with E-state index in [-0.39, 0.29) is 22.4 Å². The lowest BCUT2D eigenvalue weighted by molar-refractivity contribution is 0.0696. The third-order valence-electron chi connectivity index (χ3n) is 1.87. The van der Waals surface area contributed by atoms with Crippen molar-refractivity contribution in [2.75, 3.05) is 0 Å². The highest BCUT2D eigenvalue weighted by atomic mass is 16.4. The van der Waals surface area contributed by atoms with E-state index in [1.54, 1.807) is 0 Å². The van der Waals surface area contributed by atoms with E-state index in [0.29, 0.717) is 0 Å². The fourth-order valence-corrected chi connectivity index (χ4v) is 1.28. The first-order valence-electron chi connectivity index (χ1n) is 3.81. The summed E-state index contributed by atoms with van der Waals surface area (Å²) in [5.74, 6) is -0.976. The van der Waals surface area contributed by atoms with Crippen LogP contribution < -0.4 is 5.56 Å². The summed E-state index contributed by atoms with van der Waals surface area (Å²) in [6, 6.07) is 0. The highest BCUT2D eigenvalue weighted by molar-refractivity contribution is 6.01. The summed E-state index contributed by atoms with van der Waals surface area (Å²) in [7, 11) is 0. The summed E-state index contributed by atoms with van der Waals surface area (Å²) in [5.41, 5.74) is -0.516. The third kappa shape index (κ3) is 1.00. The minimum Gasteiger partial charge on any atom is -0.477 e. The van der Waals surface area contributed by atoms with Crippen molar-refractivity contribution in [3.63, 3.8) is 0 Å². The van der Waals surface area contributed by atoms with Crippen molar-refractivity contribution in [1.29, 1.82) is 0 Å². The zero-order valence-electron chi connectivity index (χ0n) is 7.20. The van der Waals surface area contributed by atoms with Crippen LogP contribution in [0.5, 0.6) is 0 Å². The minimum absolute atomic E-state index is 0.0533. The van der Waals surface area contributed by atoms with Crippen molar-refractivity contribution >= 4 is 17.1 Å². The van der Waals surface area contributed by atoms with Gasteiger partial charge in [0.25, 0.3) is 5.56 Å². The van der Waals surface area contributed by atoms with Crippen molar-refractivity contribution in [2.45, 2.75) is 6.92 Å². The summed E-state index contributed by atoms with van der Waals surface area (Å²) in [6.45, 7) is 1.48. The zero-order valence-corrected chi connectivity index (χ0v) is 7.20. The molecule has 2 aromatic heterocycles. The number of fused-ring (bicyclic) bond motifs is 1. The molecule has 0 saturated carbocycles. The monoisotopic (exact) mass is 194 g/mol. The summed E-state index contributed by atoms with van der Waals surface area (Å²) in [5, 5.41) is 8.83. The van der Waals surface area contributed by atoms with Gasteiger partial charge in [-0.25, -0.2) is 9.78 Å². The number of hydrogen-bond donors (Lipinski definition) is 2. The molecule has 2 heterocycles. The second kappa shape index (κ2) is 2.69. The van der Waals surface area contributed by atoms with Crippen LogP contribution in [0.1, 0.15) is 16.1 Å². The molecule has 6 heteroatoms. The molecule has 0 aliphatic heterocycles. The Morgan fingerprint density at radius 1 is 1.64 bits per heavy atom. The van der Waals surface area contributed by atoms with Crippen LogP contribution in [0.15, 0.2) is 15.5 Å². The predicted molar refractivity (Wildman–Crippen MR) is 46.3 cm³/mol. The van der Waals surface area contributed by atoms with Gasteiger partial charge < -0.3 is 14.5 Å². The highest BCUT2D eigenvalue weighted by Gasteiger charge is 2.19. The molecule has 0 aliphatic rings. The lowest BCUT2D eigenvalue weighted by Crippen LogP contribution is -2.05. The van der Waals surface area contributed by atoms with Gasteiger partial charge in [-0.2, -0.15) is 0 Å². The van der Waals surface area contributed by atoms with E-state index in [1.807, 2.05) is 0 Å². The normalized spacial score (nSPS) is 10.6. The second-order valence-corrected chi connectivity index (χ2v) is 2.75. The van der Waals surface area contributed by atoms with Crippen molar-refractivity contribution in [3.05, 3.63) is 28.0 Å². The minimum atomic E-state index is -1.15. The summed E-state index contributed by atoms with van der Waals surface area (Å²) < 4.78 is 5.00. The number of carboxylic acid groups (broad SMARTS) is 1. The molecule has 0 bridgehead atoms. The molecular formula is C8H6N2O4. The number of aromatic carboxylic acids is 1. The van der Waals surface area contributed by atoms with E-state index in [2.05, 4.69) is 9.97 Å². The smallest absolute Gasteiger partial charge is 0.341 e. The average Bonchev–Trinajstić information content (AvgIpc) is 2.42. The first kappa shape index (κ1) is 8.49. The van der Waals surface area contributed by atoms with E-state index in [1.165, 1.54) is 6.92 Å². The maximum atomic E-state index is 11.2. The van der Waals surface area contributed by atoms with Gasteiger partial charge in [-0.1, -0.05) is 0 Å². The number of hydrogen-bond acceptors (Lipinski definition) is 4. The van der Waals surface area contributed by atoms with Crippen molar-refractivity contribution in [2.24, 2.45) is 0 Å². The lowest BCUT2D eigenvalue weighted by atomic mass is 10.2. The quantitative estimate of drug-likeness (QED) is 0.689. The number of furan rings is 1. The molecule has 0 amide bonds. The summed E-state index contributed by atoms with van der Waals surface area (Å²) >= 11 is 0. The van der Waals surface area contributed by atoms with Gasteiger partial charge >= 0.3 is 5.97 Å². The van der Waals surface area contributed by atoms with Gasteiger partial charge in [0.15, 0.2) is 0 Å². The maximum absolute atomic E-state index is 11.2. The molecular weight excluding hydrogens is 188 g/mol. The van der Waals surface area contributed by atoms with Crippen LogP contribution in [0.25, 0.3) is 11.1 Å². The number of H-pyrrole nitrogens is 1. The predicted octanol–water partition coefficient (Wildman–Crippen LogP) is 0.523. The molecule has 0 atom stereocenters. The van der Waals surface area contributed by atoms with Gasteiger partial charge in [0, 0.05) is 0 Å². The molecule has 2 N–H and O–H groups in total. The standard InChI is InChI=1S/C8H6N2O4/c1-3-4(8(12)13)5-6(14-3)7(11)10-2-9-5/h2H,1H3,(H,12,13)(H,9,10,11). The number of aromatic amines is 1. The molecule has 0 unspecified atom stereocenters. The Balaban J connectivity index is 2.98. The number of carboxylic acids is 1. The Kier molecular flexibility index (Phi) is 1.63. The van der Waals surface area contributed by atoms with Crippen LogP contribution in [-0.4, -0.2) is 21.0 Å². The van der Waals surface area contributed by atoms with E-state index in [9.17, 15) is 9.59 Å². The van der Waals surface area contributed by atoms with Gasteiger partial charge in [0.05, 0.1) is 6.33 Å². The molecule has 0 aromatic carbocycles. The Labute approximate surface area is 77.2 Å². The van der Waals surface area contributed by atoms with Crippen LogP contribution in [0.2, 0.25) is 0 Å². The molecule has 14 heavy (non-hydrogen) atoms. The second-order valence-electron chi connectivity index (χ2n) is 2.75. The molecule has 72 valence electrons. The number of nitrogens with zero attached hydrogens (tertiary/aromatic N) is 1. The fraction of sp³-hybridized carbons (Fsp3) is 0.125. The molecule has 0 radical (unpaired) electrons. The van der Waals surface area contributed by atoms with Crippen LogP contribution in [0, 0.1) is 6.92 Å². The van der Waals surface area contributed by atoms with Gasteiger partial charge in [-0.05, 0) is 6.92 Å². The molecule has 2 rings (SSSR count). The molecule has 0 aliphatic carbocycles. The summed E-state index contributed by atoms with van der Waals surface area (Å²) in [6.07, 6.45) is 1.14. The van der Waals surface area contributed by atoms with Gasteiger partial charge in [0.2, 0.25) is 5.58 Å². The largest absolute Gasteiger partial charge is 0.477 e. The van der Waals surface area contributed by atoms with Gasteiger partial charge in [0.1, 0.15) is 16.8 Å². The molecule has 0 saturated heterocycles. The number of carbonyl (C=O) groups is 1. The Bertz CT molecular complexity index is 566. The Morgan fingerprint density at radius 2 is 2.36 bits per heavy atom. The SMILES string of the molecule is Cc1oc2c(=O)[nH]cnc2c1C(=O)O. The topological polar surface area (TPSA) is 96.2 Å². The first-order valence-corrected chi connectivity index (χ1v) is 3.81. The van der Waals surface area contributed by atoms with Crippen LogP contribution >= 0.6 is 0 Å². The van der Waals surface area contributed by atoms with Gasteiger partial charge in [-0.15, -0.1) is 0 Å².